The first-order valence-electron chi connectivity index (χ1n) is 4.68. The van der Waals surface area contributed by atoms with Gasteiger partial charge in [-0.15, -0.1) is 0 Å². The van der Waals surface area contributed by atoms with Crippen LogP contribution in [0.4, 0.5) is 0 Å². The highest BCUT2D eigenvalue weighted by Gasteiger charge is 2.28. The molecule has 1 rings (SSSR count). The smallest absolute Gasteiger partial charge is 0.310 e. The lowest BCUT2D eigenvalue weighted by Gasteiger charge is -2.26. The van der Waals surface area contributed by atoms with Gasteiger partial charge in [0.15, 0.2) is 0 Å². The molecule has 2 N–H and O–H groups in total. The lowest BCUT2D eigenvalue weighted by Crippen LogP contribution is -2.38. The van der Waals surface area contributed by atoms with Crippen LogP contribution in [0.1, 0.15) is 32.6 Å². The van der Waals surface area contributed by atoms with Crippen molar-refractivity contribution < 1.29 is 9.53 Å². The summed E-state index contributed by atoms with van der Waals surface area (Å²) in [5, 5.41) is 0. The molecule has 1 saturated carbocycles. The minimum atomic E-state index is -0.107. The number of hydrogen-bond acceptors (Lipinski definition) is 3. The van der Waals surface area contributed by atoms with Gasteiger partial charge in [-0.2, -0.15) is 0 Å². The Kier molecular flexibility index (Phi) is 3.53. The predicted molar refractivity (Wildman–Crippen MR) is 46.6 cm³/mol. The molecule has 3 heteroatoms. The van der Waals surface area contributed by atoms with Gasteiger partial charge < -0.3 is 10.5 Å². The van der Waals surface area contributed by atoms with E-state index in [0.29, 0.717) is 6.61 Å². The summed E-state index contributed by atoms with van der Waals surface area (Å²) in [6.45, 7) is 2.29. The number of carbonyl (C=O) groups excluding carboxylic acids is 1. The molecule has 0 bridgehead atoms. The maximum absolute atomic E-state index is 11.3. The Bertz CT molecular complexity index is 159. The number of esters is 1. The molecule has 70 valence electrons. The standard InChI is InChI=1S/C9H17NO2/c1-2-12-9(11)7-5-3-4-6-8(7)10/h7-8H,2-6,10H2,1H3/t7-,8?/m1/s1. The average Bonchev–Trinajstić information content (AvgIpc) is 2.05. The molecule has 0 spiro atoms. The Hall–Kier alpha value is -0.570. The molecule has 0 aromatic heterocycles. The first kappa shape index (κ1) is 9.52. The predicted octanol–water partition coefficient (Wildman–Crippen LogP) is 1.07. The number of ether oxygens (including phenoxy) is 1. The minimum Gasteiger partial charge on any atom is -0.466 e. The Balaban J connectivity index is 2.42. The zero-order chi connectivity index (χ0) is 8.97. The van der Waals surface area contributed by atoms with E-state index in [4.69, 9.17) is 10.5 Å². The molecular formula is C9H17NO2. The van der Waals surface area contributed by atoms with Gasteiger partial charge in [-0.1, -0.05) is 12.8 Å². The van der Waals surface area contributed by atoms with Gasteiger partial charge >= 0.3 is 5.97 Å². The van der Waals surface area contributed by atoms with Crippen LogP contribution in [-0.2, 0) is 9.53 Å². The van der Waals surface area contributed by atoms with Crippen LogP contribution in [0.25, 0.3) is 0 Å². The van der Waals surface area contributed by atoms with Crippen LogP contribution in [0.2, 0.25) is 0 Å². The second-order valence-electron chi connectivity index (χ2n) is 3.31. The van der Waals surface area contributed by atoms with Gasteiger partial charge in [-0.25, -0.2) is 0 Å². The summed E-state index contributed by atoms with van der Waals surface area (Å²) in [6, 6.07) is 0.0257. The Labute approximate surface area is 73.3 Å². The number of nitrogens with two attached hydrogens (primary N) is 1. The summed E-state index contributed by atoms with van der Waals surface area (Å²) in [7, 11) is 0. The third-order valence-corrected chi connectivity index (χ3v) is 2.41. The minimum absolute atomic E-state index is 0.0257. The zero-order valence-corrected chi connectivity index (χ0v) is 7.58. The summed E-state index contributed by atoms with van der Waals surface area (Å²) in [4.78, 5) is 11.3. The van der Waals surface area contributed by atoms with Crippen molar-refractivity contribution >= 4 is 5.97 Å². The van der Waals surface area contributed by atoms with Crippen molar-refractivity contribution in [2.75, 3.05) is 6.61 Å². The van der Waals surface area contributed by atoms with Crippen molar-refractivity contribution in [1.82, 2.24) is 0 Å². The van der Waals surface area contributed by atoms with Gasteiger partial charge in [0.25, 0.3) is 0 Å². The van der Waals surface area contributed by atoms with Gasteiger partial charge in [0.2, 0.25) is 0 Å². The highest BCUT2D eigenvalue weighted by atomic mass is 16.5. The Morgan fingerprint density at radius 3 is 2.75 bits per heavy atom. The lowest BCUT2D eigenvalue weighted by atomic mass is 9.85. The topological polar surface area (TPSA) is 52.3 Å². The summed E-state index contributed by atoms with van der Waals surface area (Å²) in [5.41, 5.74) is 5.81. The van der Waals surface area contributed by atoms with E-state index in [9.17, 15) is 4.79 Å². The largest absolute Gasteiger partial charge is 0.466 e. The van der Waals surface area contributed by atoms with E-state index >= 15 is 0 Å². The van der Waals surface area contributed by atoms with E-state index in [0.717, 1.165) is 25.7 Å². The van der Waals surface area contributed by atoms with Crippen molar-refractivity contribution in [3.63, 3.8) is 0 Å². The number of carbonyl (C=O) groups is 1. The van der Waals surface area contributed by atoms with Crippen LogP contribution in [-0.4, -0.2) is 18.6 Å². The lowest BCUT2D eigenvalue weighted by molar-refractivity contribution is -0.149. The van der Waals surface area contributed by atoms with Gasteiger partial charge in [0.1, 0.15) is 0 Å². The monoisotopic (exact) mass is 171 g/mol. The van der Waals surface area contributed by atoms with E-state index in [1.165, 1.54) is 0 Å². The van der Waals surface area contributed by atoms with Gasteiger partial charge in [-0.05, 0) is 19.8 Å². The summed E-state index contributed by atoms with van der Waals surface area (Å²) < 4.78 is 4.93. The maximum atomic E-state index is 11.3. The SMILES string of the molecule is CCOC(=O)[C@@H]1CCCCC1N. The fourth-order valence-corrected chi connectivity index (χ4v) is 1.70. The molecular weight excluding hydrogens is 154 g/mol. The van der Waals surface area contributed by atoms with E-state index in [2.05, 4.69) is 0 Å². The molecule has 0 aromatic carbocycles. The molecule has 3 nitrogen and oxygen atoms in total. The molecule has 2 atom stereocenters. The summed E-state index contributed by atoms with van der Waals surface area (Å²) in [6.07, 6.45) is 4.12. The van der Waals surface area contributed by atoms with Crippen LogP contribution < -0.4 is 5.73 Å². The second-order valence-corrected chi connectivity index (χ2v) is 3.31. The third kappa shape index (κ3) is 2.21. The first-order chi connectivity index (χ1) is 5.75. The van der Waals surface area contributed by atoms with Crippen molar-refractivity contribution in [3.05, 3.63) is 0 Å². The Morgan fingerprint density at radius 2 is 2.17 bits per heavy atom. The molecule has 1 unspecified atom stereocenters. The van der Waals surface area contributed by atoms with Gasteiger partial charge in [0, 0.05) is 6.04 Å². The van der Waals surface area contributed by atoms with Crippen molar-refractivity contribution in [2.24, 2.45) is 11.7 Å². The zero-order valence-electron chi connectivity index (χ0n) is 7.58. The molecule has 0 saturated heterocycles. The molecule has 12 heavy (non-hydrogen) atoms. The fourth-order valence-electron chi connectivity index (χ4n) is 1.70. The number of rotatable bonds is 2. The molecule has 0 aromatic rings. The molecule has 0 radical (unpaired) electrons. The highest BCUT2D eigenvalue weighted by Crippen LogP contribution is 2.23. The molecule has 0 heterocycles. The molecule has 0 amide bonds. The van der Waals surface area contributed by atoms with Gasteiger partial charge in [0.05, 0.1) is 12.5 Å². The number of hydrogen-bond donors (Lipinski definition) is 1. The van der Waals surface area contributed by atoms with Crippen LogP contribution in [0.5, 0.6) is 0 Å². The third-order valence-electron chi connectivity index (χ3n) is 2.41. The van der Waals surface area contributed by atoms with E-state index < -0.39 is 0 Å². The van der Waals surface area contributed by atoms with E-state index in [-0.39, 0.29) is 17.9 Å². The summed E-state index contributed by atoms with van der Waals surface area (Å²) >= 11 is 0. The van der Waals surface area contributed by atoms with Crippen LogP contribution in [0.3, 0.4) is 0 Å². The molecule has 1 aliphatic rings. The first-order valence-corrected chi connectivity index (χ1v) is 4.68. The second kappa shape index (κ2) is 4.45. The van der Waals surface area contributed by atoms with Crippen molar-refractivity contribution in [1.29, 1.82) is 0 Å². The molecule has 1 fully saturated rings. The van der Waals surface area contributed by atoms with Crippen molar-refractivity contribution in [3.8, 4) is 0 Å². The van der Waals surface area contributed by atoms with Crippen LogP contribution >= 0.6 is 0 Å². The maximum Gasteiger partial charge on any atom is 0.310 e. The normalized spacial score (nSPS) is 29.8. The highest BCUT2D eigenvalue weighted by molar-refractivity contribution is 5.73. The van der Waals surface area contributed by atoms with Crippen LogP contribution in [0.15, 0.2) is 0 Å². The molecule has 1 aliphatic carbocycles. The quantitative estimate of drug-likeness (QED) is 0.632. The van der Waals surface area contributed by atoms with Crippen LogP contribution in [0, 0.1) is 5.92 Å². The van der Waals surface area contributed by atoms with E-state index in [1.54, 1.807) is 0 Å². The van der Waals surface area contributed by atoms with Crippen molar-refractivity contribution in [2.45, 2.75) is 38.6 Å². The fraction of sp³-hybridized carbons (Fsp3) is 0.889. The Morgan fingerprint density at radius 1 is 1.50 bits per heavy atom. The molecule has 0 aliphatic heterocycles. The van der Waals surface area contributed by atoms with E-state index in [1.807, 2.05) is 6.92 Å². The van der Waals surface area contributed by atoms with Gasteiger partial charge in [-0.3, -0.25) is 4.79 Å². The average molecular weight is 171 g/mol. The summed E-state index contributed by atoms with van der Waals surface area (Å²) in [5.74, 6) is -0.150.